The molecular formula is C27H33F3N2O6. The summed E-state index contributed by atoms with van der Waals surface area (Å²) in [5.41, 5.74) is -0.332. The lowest BCUT2D eigenvalue weighted by Crippen LogP contribution is -2.49. The number of benzene rings is 1. The monoisotopic (exact) mass is 538 g/mol. The molecule has 0 radical (unpaired) electrons. The summed E-state index contributed by atoms with van der Waals surface area (Å²) in [7, 11) is 0. The molecule has 8 nitrogen and oxygen atoms in total. The second-order valence-corrected chi connectivity index (χ2v) is 9.68. The number of nitrogens with zero attached hydrogens (tertiary/aromatic N) is 1. The van der Waals surface area contributed by atoms with E-state index < -0.39 is 65.8 Å². The third-order valence-electron chi connectivity index (χ3n) is 7.04. The van der Waals surface area contributed by atoms with Gasteiger partial charge in [0.1, 0.15) is 25.1 Å². The molecule has 2 amide bonds. The summed E-state index contributed by atoms with van der Waals surface area (Å²) in [6, 6.07) is -1.01. The van der Waals surface area contributed by atoms with Gasteiger partial charge in [-0.2, -0.15) is 4.39 Å². The van der Waals surface area contributed by atoms with Gasteiger partial charge in [0, 0.05) is 36.6 Å². The summed E-state index contributed by atoms with van der Waals surface area (Å²) in [6.45, 7) is 4.47. The lowest BCUT2D eigenvalue weighted by molar-refractivity contribution is -0.145. The van der Waals surface area contributed by atoms with Gasteiger partial charge in [-0.1, -0.05) is 25.5 Å². The number of ether oxygens (including phenoxy) is 2. The fraction of sp³-hybridized carbons (Fsp3) is 0.556. The molecule has 38 heavy (non-hydrogen) atoms. The van der Waals surface area contributed by atoms with Crippen LogP contribution >= 0.6 is 0 Å². The van der Waals surface area contributed by atoms with Crippen LogP contribution in [0.1, 0.15) is 50.5 Å². The maximum absolute atomic E-state index is 14.1. The number of halogens is 3. The van der Waals surface area contributed by atoms with E-state index in [0.717, 1.165) is 32.6 Å². The zero-order valence-corrected chi connectivity index (χ0v) is 21.4. The van der Waals surface area contributed by atoms with E-state index in [9.17, 15) is 32.3 Å². The van der Waals surface area contributed by atoms with E-state index in [-0.39, 0.29) is 24.0 Å². The summed E-state index contributed by atoms with van der Waals surface area (Å²) in [5.74, 6) is -7.17. The summed E-state index contributed by atoms with van der Waals surface area (Å²) in [6.07, 6.45) is 5.47. The molecule has 1 aromatic carbocycles. The van der Waals surface area contributed by atoms with Crippen LogP contribution in [-0.4, -0.2) is 60.8 Å². The Labute approximate surface area is 219 Å². The molecule has 11 heteroatoms. The second-order valence-electron chi connectivity index (χ2n) is 9.68. The van der Waals surface area contributed by atoms with Crippen molar-refractivity contribution in [1.29, 1.82) is 0 Å². The quantitative estimate of drug-likeness (QED) is 0.263. The number of carbonyl (C=O) groups is 4. The number of carbonyl (C=O) groups excluding carboxylic acids is 4. The molecular weight excluding hydrogens is 505 g/mol. The summed E-state index contributed by atoms with van der Waals surface area (Å²) in [4.78, 5) is 52.5. The molecule has 0 spiro atoms. The van der Waals surface area contributed by atoms with E-state index in [1.54, 1.807) is 4.90 Å². The molecule has 0 unspecified atom stereocenters. The van der Waals surface area contributed by atoms with Crippen molar-refractivity contribution in [3.05, 3.63) is 41.7 Å². The van der Waals surface area contributed by atoms with Crippen molar-refractivity contribution < 1.29 is 41.8 Å². The van der Waals surface area contributed by atoms with Gasteiger partial charge in [-0.25, -0.2) is 8.78 Å². The zero-order valence-electron chi connectivity index (χ0n) is 21.4. The second kappa shape index (κ2) is 13.4. The first-order valence-corrected chi connectivity index (χ1v) is 12.8. The van der Waals surface area contributed by atoms with Crippen LogP contribution in [0.5, 0.6) is 5.75 Å². The Morgan fingerprint density at radius 2 is 1.74 bits per heavy atom. The van der Waals surface area contributed by atoms with E-state index in [2.05, 4.69) is 11.9 Å². The highest BCUT2D eigenvalue weighted by molar-refractivity contribution is 5.93. The van der Waals surface area contributed by atoms with Crippen LogP contribution in [-0.2, 0) is 23.9 Å². The lowest BCUT2D eigenvalue weighted by Gasteiger charge is -2.33. The molecule has 0 bridgehead atoms. The minimum absolute atomic E-state index is 0.0454. The van der Waals surface area contributed by atoms with Crippen LogP contribution in [0, 0.1) is 36.2 Å². The van der Waals surface area contributed by atoms with Crippen molar-refractivity contribution in [3.63, 3.8) is 0 Å². The number of hydrogen-bond donors (Lipinski definition) is 1. The number of rotatable bonds is 11. The number of hydrogen-bond acceptors (Lipinski definition) is 6. The molecule has 1 saturated carbocycles. The molecule has 208 valence electrons. The van der Waals surface area contributed by atoms with Crippen molar-refractivity contribution in [2.75, 3.05) is 26.3 Å². The Morgan fingerprint density at radius 3 is 2.37 bits per heavy atom. The Morgan fingerprint density at radius 1 is 1.08 bits per heavy atom. The van der Waals surface area contributed by atoms with Crippen LogP contribution in [0.2, 0.25) is 0 Å². The number of likely N-dealkylation sites (tertiary alicyclic amines) is 1. The standard InChI is InChI=1S/C27H33F3N2O6/c1-3-12-37-23(34)14-21(22(33)15-38-25-16(2)19(28)13-20(29)24(25)30)31-26(35)17-8-10-32(11-9-17)27(36)18-6-4-5-7-18/h3,13,17-18,21H,1,4-12,14-15H2,2H3,(H,31,35)/t21-/m0/s1. The van der Waals surface area contributed by atoms with Gasteiger partial charge in [0.15, 0.2) is 17.3 Å². The number of nitrogens with one attached hydrogen (secondary N) is 1. The lowest BCUT2D eigenvalue weighted by atomic mass is 9.93. The van der Waals surface area contributed by atoms with E-state index in [4.69, 9.17) is 9.47 Å². The fourth-order valence-corrected chi connectivity index (χ4v) is 4.79. The molecule has 1 heterocycles. The largest absolute Gasteiger partial charge is 0.482 e. The van der Waals surface area contributed by atoms with Crippen molar-refractivity contribution in [1.82, 2.24) is 10.2 Å². The van der Waals surface area contributed by atoms with Gasteiger partial charge in [0.05, 0.1) is 6.42 Å². The van der Waals surface area contributed by atoms with Gasteiger partial charge >= 0.3 is 5.97 Å². The molecule has 1 N–H and O–H groups in total. The minimum atomic E-state index is -1.48. The first-order valence-electron chi connectivity index (χ1n) is 12.8. The molecule has 3 rings (SSSR count). The third kappa shape index (κ3) is 7.35. The number of piperidine rings is 1. The SMILES string of the molecule is C=CCOC(=O)C[C@H](NC(=O)C1CCN(C(=O)C2CCCC2)CC1)C(=O)COc1c(C)c(F)cc(F)c1F. The zero-order chi connectivity index (χ0) is 27.8. The van der Waals surface area contributed by atoms with Crippen molar-refractivity contribution in [2.45, 2.75) is 57.9 Å². The average Bonchev–Trinajstić information content (AvgIpc) is 3.45. The van der Waals surface area contributed by atoms with Gasteiger partial charge in [0.2, 0.25) is 17.6 Å². The summed E-state index contributed by atoms with van der Waals surface area (Å²) >= 11 is 0. The Bertz CT molecular complexity index is 1040. The van der Waals surface area contributed by atoms with E-state index in [1.165, 1.54) is 6.08 Å². The number of Topliss-reactive ketones (excluding diaryl/α,β-unsaturated/α-hetero) is 1. The Hall–Kier alpha value is -3.37. The third-order valence-corrected chi connectivity index (χ3v) is 7.04. The van der Waals surface area contributed by atoms with Crippen molar-refractivity contribution in [3.8, 4) is 5.75 Å². The van der Waals surface area contributed by atoms with Gasteiger partial charge in [-0.15, -0.1) is 0 Å². The van der Waals surface area contributed by atoms with Gasteiger partial charge in [0.25, 0.3) is 0 Å². The van der Waals surface area contributed by atoms with Crippen LogP contribution in [0.15, 0.2) is 18.7 Å². The first kappa shape index (κ1) is 29.2. The van der Waals surface area contributed by atoms with Crippen LogP contribution in [0.4, 0.5) is 13.2 Å². The van der Waals surface area contributed by atoms with Crippen molar-refractivity contribution >= 4 is 23.6 Å². The predicted molar refractivity (Wildman–Crippen MR) is 131 cm³/mol. The van der Waals surface area contributed by atoms with Gasteiger partial charge in [-0.05, 0) is 32.6 Å². The highest BCUT2D eigenvalue weighted by Crippen LogP contribution is 2.29. The molecule has 2 aliphatic rings. The molecule has 1 saturated heterocycles. The van der Waals surface area contributed by atoms with Crippen LogP contribution < -0.4 is 10.1 Å². The Kier molecular flexibility index (Phi) is 10.3. The smallest absolute Gasteiger partial charge is 0.308 e. The molecule has 1 aromatic rings. The van der Waals surface area contributed by atoms with E-state index in [1.807, 2.05) is 0 Å². The topological polar surface area (TPSA) is 102 Å². The number of ketones is 1. The maximum atomic E-state index is 14.1. The van der Waals surface area contributed by atoms with E-state index in [0.29, 0.717) is 32.0 Å². The average molecular weight is 539 g/mol. The normalized spacial score (nSPS) is 17.1. The summed E-state index contributed by atoms with van der Waals surface area (Å²) < 4.78 is 51.5. The maximum Gasteiger partial charge on any atom is 0.308 e. The van der Waals surface area contributed by atoms with E-state index >= 15 is 0 Å². The Balaban J connectivity index is 1.62. The number of esters is 1. The highest BCUT2D eigenvalue weighted by Gasteiger charge is 2.34. The predicted octanol–water partition coefficient (Wildman–Crippen LogP) is 3.39. The molecule has 0 aromatic heterocycles. The molecule has 1 aliphatic heterocycles. The van der Waals surface area contributed by atoms with Crippen LogP contribution in [0.25, 0.3) is 0 Å². The molecule has 2 fully saturated rings. The number of amides is 2. The van der Waals surface area contributed by atoms with Crippen LogP contribution in [0.3, 0.4) is 0 Å². The first-order chi connectivity index (χ1) is 18.1. The highest BCUT2D eigenvalue weighted by atomic mass is 19.2. The van der Waals surface area contributed by atoms with Gasteiger partial charge in [-0.3, -0.25) is 19.2 Å². The summed E-state index contributed by atoms with van der Waals surface area (Å²) in [5, 5.41) is 2.54. The molecule has 1 aliphatic carbocycles. The van der Waals surface area contributed by atoms with Crippen molar-refractivity contribution in [2.24, 2.45) is 11.8 Å². The molecule has 1 atom stereocenters. The fourth-order valence-electron chi connectivity index (χ4n) is 4.79. The van der Waals surface area contributed by atoms with Gasteiger partial charge < -0.3 is 19.7 Å². The minimum Gasteiger partial charge on any atom is -0.482 e.